The molecule has 2 atom stereocenters. The molecule has 0 aromatic rings. The molecule has 2 rings (SSSR count). The Hall–Kier alpha value is -1.48. The normalized spacial score (nSPS) is 27.3. The zero-order chi connectivity index (χ0) is 16.0. The minimum absolute atomic E-state index is 0.0554. The summed E-state index contributed by atoms with van der Waals surface area (Å²) in [6, 6.07) is -2.31. The Morgan fingerprint density at radius 1 is 1.33 bits per heavy atom. The third-order valence-corrected chi connectivity index (χ3v) is 3.89. The highest BCUT2D eigenvalue weighted by atomic mass is 32.3. The predicted octanol–water partition coefficient (Wildman–Crippen LogP) is -2.45. The van der Waals surface area contributed by atoms with E-state index in [9.17, 15) is 21.6 Å². The van der Waals surface area contributed by atoms with Gasteiger partial charge in [0, 0.05) is 6.54 Å². The third kappa shape index (κ3) is 3.59. The molecule has 0 radical (unpaired) electrons. The molecule has 2 unspecified atom stereocenters. The predicted molar refractivity (Wildman–Crippen MR) is 68.1 cm³/mol. The van der Waals surface area contributed by atoms with Crippen molar-refractivity contribution >= 4 is 32.5 Å². The number of hydroxylamine groups is 2. The van der Waals surface area contributed by atoms with E-state index >= 15 is 0 Å². The largest absolute Gasteiger partial charge is 0.418 e. The molecule has 2 fully saturated rings. The Morgan fingerprint density at radius 2 is 1.95 bits per heavy atom. The number of piperidine rings is 1. The Balaban J connectivity index is 2.23. The Labute approximate surface area is 120 Å². The van der Waals surface area contributed by atoms with Gasteiger partial charge in [-0.15, -0.1) is 8.68 Å². The SMILES string of the molecule is NC(=NS(N)(=O)=O)C1CCC2CN1C(=O)N2OS(=O)(=O)O. The van der Waals surface area contributed by atoms with Crippen molar-refractivity contribution < 1.29 is 30.5 Å². The molecular weight excluding hydrogens is 330 g/mol. The topological polar surface area (TPSA) is 186 Å². The Morgan fingerprint density at radius 3 is 2.48 bits per heavy atom. The molecule has 0 aromatic heterocycles. The number of amidine groups is 1. The van der Waals surface area contributed by atoms with E-state index < -0.39 is 38.7 Å². The van der Waals surface area contributed by atoms with Crippen LogP contribution in [0.5, 0.6) is 0 Å². The number of amides is 2. The molecule has 12 nitrogen and oxygen atoms in total. The van der Waals surface area contributed by atoms with Crippen LogP contribution in [0.15, 0.2) is 4.40 Å². The number of nitrogens with zero attached hydrogens (tertiary/aromatic N) is 3. The lowest BCUT2D eigenvalue weighted by Gasteiger charge is -2.29. The van der Waals surface area contributed by atoms with Gasteiger partial charge in [-0.2, -0.15) is 21.9 Å². The van der Waals surface area contributed by atoms with E-state index in [0.717, 1.165) is 4.90 Å². The van der Waals surface area contributed by atoms with Crippen molar-refractivity contribution in [3.63, 3.8) is 0 Å². The number of carbonyl (C=O) groups is 1. The molecule has 14 heteroatoms. The summed E-state index contributed by atoms with van der Waals surface area (Å²) in [6.45, 7) is 0.0554. The molecule has 2 aliphatic heterocycles. The molecule has 2 bridgehead atoms. The van der Waals surface area contributed by atoms with Crippen molar-refractivity contribution in [2.45, 2.75) is 24.9 Å². The van der Waals surface area contributed by atoms with Crippen LogP contribution in [0, 0.1) is 0 Å². The Bertz CT molecular complexity index is 686. The van der Waals surface area contributed by atoms with Crippen molar-refractivity contribution in [3.05, 3.63) is 0 Å². The molecular formula is C7H13N5O7S2. The summed E-state index contributed by atoms with van der Waals surface area (Å²) in [4.78, 5) is 13.1. The standard InChI is InChI=1S/C7H13N5O7S2/c8-6(10-20(9,14)15)5-2-1-4-3-11(5)7(13)12(4)19-21(16,17)18/h4-5H,1-3H2,(H2,8,10)(H2,9,14,15)(H,16,17,18). The van der Waals surface area contributed by atoms with Crippen molar-refractivity contribution in [1.82, 2.24) is 9.96 Å². The first-order chi connectivity index (χ1) is 9.48. The van der Waals surface area contributed by atoms with Gasteiger partial charge >= 0.3 is 26.6 Å². The van der Waals surface area contributed by atoms with E-state index in [0.29, 0.717) is 5.06 Å². The second kappa shape index (κ2) is 5.06. The van der Waals surface area contributed by atoms with E-state index in [2.05, 4.69) is 8.68 Å². The van der Waals surface area contributed by atoms with Crippen LogP contribution in [0.25, 0.3) is 0 Å². The summed E-state index contributed by atoms with van der Waals surface area (Å²) < 4.78 is 59.1. The minimum Gasteiger partial charge on any atom is -0.385 e. The fourth-order valence-electron chi connectivity index (χ4n) is 2.35. The second-order valence-corrected chi connectivity index (χ2v) is 6.76. The van der Waals surface area contributed by atoms with Gasteiger partial charge in [0.05, 0.1) is 12.1 Å². The lowest BCUT2D eigenvalue weighted by atomic mass is 10.0. The van der Waals surface area contributed by atoms with E-state index in [4.69, 9.17) is 15.4 Å². The third-order valence-electron chi connectivity index (χ3n) is 3.07. The maximum atomic E-state index is 12.0. The molecule has 21 heavy (non-hydrogen) atoms. The van der Waals surface area contributed by atoms with Crippen molar-refractivity contribution in [1.29, 1.82) is 0 Å². The van der Waals surface area contributed by atoms with Crippen LogP contribution >= 0.6 is 0 Å². The van der Waals surface area contributed by atoms with Crippen molar-refractivity contribution in [3.8, 4) is 0 Å². The highest BCUT2D eigenvalue weighted by Gasteiger charge is 2.48. The average Bonchev–Trinajstić information content (AvgIpc) is 2.51. The molecule has 120 valence electrons. The average molecular weight is 343 g/mol. The van der Waals surface area contributed by atoms with Crippen molar-refractivity contribution in [2.75, 3.05) is 6.54 Å². The number of urea groups is 1. The first kappa shape index (κ1) is 15.9. The quantitative estimate of drug-likeness (QED) is 0.285. The summed E-state index contributed by atoms with van der Waals surface area (Å²) in [7, 11) is -9.05. The fourth-order valence-corrected chi connectivity index (χ4v) is 3.15. The summed E-state index contributed by atoms with van der Waals surface area (Å²) in [5.41, 5.74) is 5.52. The van der Waals surface area contributed by atoms with Crippen molar-refractivity contribution in [2.24, 2.45) is 15.3 Å². The zero-order valence-electron chi connectivity index (χ0n) is 10.5. The molecule has 0 saturated carbocycles. The van der Waals surface area contributed by atoms with Gasteiger partial charge in [0.2, 0.25) is 0 Å². The van der Waals surface area contributed by atoms with E-state index in [1.54, 1.807) is 0 Å². The zero-order valence-corrected chi connectivity index (χ0v) is 12.1. The Kier molecular flexibility index (Phi) is 3.83. The summed E-state index contributed by atoms with van der Waals surface area (Å²) in [6.07, 6.45) is 0.524. The van der Waals surface area contributed by atoms with Crippen LogP contribution in [-0.2, 0) is 24.9 Å². The number of carbonyl (C=O) groups excluding carboxylic acids is 1. The highest BCUT2D eigenvalue weighted by molar-refractivity contribution is 7.88. The van der Waals surface area contributed by atoms with Gasteiger partial charge in [-0.25, -0.2) is 9.93 Å². The second-order valence-electron chi connectivity index (χ2n) is 4.54. The lowest BCUT2D eigenvalue weighted by molar-refractivity contribution is -0.0316. The van der Waals surface area contributed by atoms with Crippen LogP contribution in [0.1, 0.15) is 12.8 Å². The van der Waals surface area contributed by atoms with Crippen LogP contribution in [0.2, 0.25) is 0 Å². The first-order valence-corrected chi connectivity index (χ1v) is 8.49. The molecule has 5 N–H and O–H groups in total. The first-order valence-electron chi connectivity index (χ1n) is 5.63. The number of hydrogen-bond acceptors (Lipinski definition) is 6. The molecule has 2 heterocycles. The van der Waals surface area contributed by atoms with Gasteiger partial charge in [-0.3, -0.25) is 4.55 Å². The van der Waals surface area contributed by atoms with Crippen LogP contribution in [0.4, 0.5) is 4.79 Å². The van der Waals surface area contributed by atoms with Gasteiger partial charge in [-0.05, 0) is 12.8 Å². The van der Waals surface area contributed by atoms with Crippen LogP contribution < -0.4 is 10.9 Å². The highest BCUT2D eigenvalue weighted by Crippen LogP contribution is 2.30. The van der Waals surface area contributed by atoms with Crippen LogP contribution in [-0.4, -0.2) is 61.8 Å². The monoisotopic (exact) mass is 343 g/mol. The van der Waals surface area contributed by atoms with Gasteiger partial charge < -0.3 is 10.6 Å². The van der Waals surface area contributed by atoms with E-state index in [-0.39, 0.29) is 25.2 Å². The molecule has 0 aliphatic carbocycles. The molecule has 0 spiro atoms. The van der Waals surface area contributed by atoms with E-state index in [1.807, 2.05) is 0 Å². The number of fused-ring (bicyclic) bond motifs is 2. The van der Waals surface area contributed by atoms with Gasteiger partial charge in [-0.1, -0.05) is 0 Å². The minimum atomic E-state index is -4.84. The molecule has 2 saturated heterocycles. The lowest BCUT2D eigenvalue weighted by Crippen LogP contribution is -2.48. The smallest absolute Gasteiger partial charge is 0.385 e. The number of rotatable bonds is 4. The number of nitrogens with two attached hydrogens (primary N) is 2. The molecule has 2 amide bonds. The van der Waals surface area contributed by atoms with E-state index in [1.165, 1.54) is 0 Å². The maximum Gasteiger partial charge on any atom is 0.418 e. The fraction of sp³-hybridized carbons (Fsp3) is 0.714. The summed E-state index contributed by atoms with van der Waals surface area (Å²) in [5.74, 6) is -0.377. The summed E-state index contributed by atoms with van der Waals surface area (Å²) >= 11 is 0. The molecule has 0 aromatic carbocycles. The number of hydrogen-bond donors (Lipinski definition) is 3. The van der Waals surface area contributed by atoms with Gasteiger partial charge in [0.15, 0.2) is 0 Å². The summed E-state index contributed by atoms with van der Waals surface area (Å²) in [5, 5.41) is 5.25. The molecule has 2 aliphatic rings. The van der Waals surface area contributed by atoms with Crippen LogP contribution in [0.3, 0.4) is 0 Å². The van der Waals surface area contributed by atoms with Gasteiger partial charge in [0.25, 0.3) is 0 Å². The maximum absolute atomic E-state index is 12.0. The van der Waals surface area contributed by atoms with Gasteiger partial charge in [0.1, 0.15) is 5.84 Å².